The lowest BCUT2D eigenvalue weighted by atomic mass is 10.00. The number of para-hydroxylation sites is 1. The van der Waals surface area contributed by atoms with Crippen LogP contribution in [-0.2, 0) is 6.18 Å². The Hall–Kier alpha value is -2.01. The average Bonchev–Trinajstić information content (AvgIpc) is 2.75. The van der Waals surface area contributed by atoms with Gasteiger partial charge in [-0.05, 0) is 42.1 Å². The van der Waals surface area contributed by atoms with E-state index in [2.05, 4.69) is 55.0 Å². The second kappa shape index (κ2) is 12.7. The molecular formula is C26H39F3N2. The Bertz CT molecular complexity index is 761. The lowest BCUT2D eigenvalue weighted by molar-refractivity contribution is -0.137. The molecule has 2 nitrogen and oxygen atoms in total. The van der Waals surface area contributed by atoms with E-state index in [4.69, 9.17) is 0 Å². The Morgan fingerprint density at radius 2 is 1.35 bits per heavy atom. The SMILES string of the molecule is CC.CC(C)c1cccc(C(F)(F)F)c1.CC(C)c1ccccc1N1CCN(C)CC1. The number of piperazine rings is 1. The van der Waals surface area contributed by atoms with E-state index in [1.807, 2.05) is 27.7 Å². The van der Waals surface area contributed by atoms with Gasteiger partial charge in [-0.15, -0.1) is 0 Å². The largest absolute Gasteiger partial charge is 0.416 e. The van der Waals surface area contributed by atoms with Crippen molar-refractivity contribution >= 4 is 5.69 Å². The molecule has 3 rings (SSSR count). The molecule has 0 aliphatic carbocycles. The van der Waals surface area contributed by atoms with Crippen molar-refractivity contribution in [2.75, 3.05) is 38.1 Å². The number of anilines is 1. The molecule has 0 spiro atoms. The quantitative estimate of drug-likeness (QED) is 0.494. The van der Waals surface area contributed by atoms with Gasteiger partial charge in [0.1, 0.15) is 0 Å². The maximum absolute atomic E-state index is 12.2. The third-order valence-corrected chi connectivity index (χ3v) is 5.28. The second-order valence-corrected chi connectivity index (χ2v) is 8.28. The Kier molecular flexibility index (Phi) is 11.1. The summed E-state index contributed by atoms with van der Waals surface area (Å²) in [5, 5.41) is 0. The molecule has 1 aliphatic rings. The van der Waals surface area contributed by atoms with E-state index < -0.39 is 11.7 Å². The monoisotopic (exact) mass is 436 g/mol. The predicted molar refractivity (Wildman–Crippen MR) is 127 cm³/mol. The van der Waals surface area contributed by atoms with Crippen molar-refractivity contribution in [3.05, 3.63) is 65.2 Å². The van der Waals surface area contributed by atoms with Gasteiger partial charge >= 0.3 is 6.18 Å². The molecule has 2 aromatic rings. The second-order valence-electron chi connectivity index (χ2n) is 8.28. The van der Waals surface area contributed by atoms with Gasteiger partial charge in [-0.25, -0.2) is 0 Å². The maximum Gasteiger partial charge on any atom is 0.416 e. The van der Waals surface area contributed by atoms with Crippen LogP contribution in [0.15, 0.2) is 48.5 Å². The van der Waals surface area contributed by atoms with Crippen molar-refractivity contribution in [2.45, 2.75) is 59.6 Å². The minimum absolute atomic E-state index is 0.127. The molecule has 1 saturated heterocycles. The van der Waals surface area contributed by atoms with Gasteiger partial charge < -0.3 is 9.80 Å². The Morgan fingerprint density at radius 3 is 1.87 bits per heavy atom. The number of alkyl halides is 3. The summed E-state index contributed by atoms with van der Waals surface area (Å²) in [4.78, 5) is 4.92. The molecule has 0 radical (unpaired) electrons. The van der Waals surface area contributed by atoms with E-state index in [-0.39, 0.29) is 5.92 Å². The first-order valence-electron chi connectivity index (χ1n) is 11.3. The van der Waals surface area contributed by atoms with Crippen molar-refractivity contribution in [3.63, 3.8) is 0 Å². The topological polar surface area (TPSA) is 6.48 Å². The smallest absolute Gasteiger partial charge is 0.369 e. The predicted octanol–water partition coefficient (Wildman–Crippen LogP) is 7.42. The van der Waals surface area contributed by atoms with Gasteiger partial charge in [0.05, 0.1) is 5.56 Å². The minimum Gasteiger partial charge on any atom is -0.369 e. The van der Waals surface area contributed by atoms with Crippen molar-refractivity contribution in [2.24, 2.45) is 0 Å². The van der Waals surface area contributed by atoms with Gasteiger partial charge in [-0.2, -0.15) is 13.2 Å². The zero-order valence-electron chi connectivity index (χ0n) is 20.1. The first kappa shape index (κ1) is 27.0. The van der Waals surface area contributed by atoms with E-state index in [0.717, 1.165) is 24.7 Å². The average molecular weight is 437 g/mol. The zero-order valence-corrected chi connectivity index (χ0v) is 20.1. The van der Waals surface area contributed by atoms with E-state index >= 15 is 0 Å². The summed E-state index contributed by atoms with van der Waals surface area (Å²) in [7, 11) is 2.20. The maximum atomic E-state index is 12.2. The molecule has 1 fully saturated rings. The molecule has 5 heteroatoms. The summed E-state index contributed by atoms with van der Waals surface area (Å²) in [5.74, 6) is 0.734. The fourth-order valence-corrected chi connectivity index (χ4v) is 3.39. The van der Waals surface area contributed by atoms with Crippen LogP contribution in [0, 0.1) is 0 Å². The van der Waals surface area contributed by atoms with Crippen LogP contribution in [-0.4, -0.2) is 38.1 Å². The third-order valence-electron chi connectivity index (χ3n) is 5.28. The van der Waals surface area contributed by atoms with Gasteiger partial charge in [0.25, 0.3) is 0 Å². The lowest BCUT2D eigenvalue weighted by Gasteiger charge is -2.35. The standard InChI is InChI=1S/C14H22N2.C10H11F3.C2H6/c1-12(2)13-6-4-5-7-14(13)16-10-8-15(3)9-11-16;1-7(2)8-4-3-5-9(6-8)10(11,12)13;1-2/h4-7,12H,8-11H2,1-3H3;3-7H,1-2H3;1-2H3. The highest BCUT2D eigenvalue weighted by atomic mass is 19.4. The van der Waals surface area contributed by atoms with Crippen LogP contribution in [0.25, 0.3) is 0 Å². The highest BCUT2D eigenvalue weighted by Gasteiger charge is 2.30. The van der Waals surface area contributed by atoms with Gasteiger partial charge in [-0.1, -0.05) is 77.9 Å². The molecule has 2 aromatic carbocycles. The first-order valence-corrected chi connectivity index (χ1v) is 11.3. The number of hydrogen-bond donors (Lipinski definition) is 0. The van der Waals surface area contributed by atoms with E-state index in [9.17, 15) is 13.2 Å². The van der Waals surface area contributed by atoms with Crippen LogP contribution in [0.1, 0.15) is 70.1 Å². The highest BCUT2D eigenvalue weighted by Crippen LogP contribution is 2.31. The molecule has 0 amide bonds. The van der Waals surface area contributed by atoms with Crippen LogP contribution in [0.5, 0.6) is 0 Å². The number of halogens is 3. The van der Waals surface area contributed by atoms with E-state index in [0.29, 0.717) is 5.92 Å². The highest BCUT2D eigenvalue weighted by molar-refractivity contribution is 5.55. The molecule has 1 aliphatic heterocycles. The van der Waals surface area contributed by atoms with Gasteiger partial charge in [0.2, 0.25) is 0 Å². The van der Waals surface area contributed by atoms with Crippen molar-refractivity contribution < 1.29 is 13.2 Å². The zero-order chi connectivity index (χ0) is 23.6. The molecule has 1 heterocycles. The fraction of sp³-hybridized carbons (Fsp3) is 0.538. The Morgan fingerprint density at radius 1 is 0.774 bits per heavy atom. The summed E-state index contributed by atoms with van der Waals surface area (Å²) in [5.41, 5.74) is 3.06. The summed E-state index contributed by atoms with van der Waals surface area (Å²) in [6.07, 6.45) is -4.23. The van der Waals surface area contributed by atoms with Crippen molar-refractivity contribution in [1.29, 1.82) is 0 Å². The van der Waals surface area contributed by atoms with Gasteiger partial charge in [0, 0.05) is 31.9 Å². The van der Waals surface area contributed by atoms with Crippen LogP contribution in [0.2, 0.25) is 0 Å². The number of likely N-dealkylation sites (N-methyl/N-ethyl adjacent to an activating group) is 1. The molecule has 174 valence electrons. The fourth-order valence-electron chi connectivity index (χ4n) is 3.39. The summed E-state index contributed by atoms with van der Waals surface area (Å²) in [6, 6.07) is 14.3. The molecule has 0 N–H and O–H groups in total. The molecule has 0 aromatic heterocycles. The Balaban J connectivity index is 0.000000293. The van der Waals surface area contributed by atoms with Gasteiger partial charge in [0.15, 0.2) is 0 Å². The lowest BCUT2D eigenvalue weighted by Crippen LogP contribution is -2.44. The van der Waals surface area contributed by atoms with E-state index in [1.54, 1.807) is 6.07 Å². The van der Waals surface area contributed by atoms with Crippen molar-refractivity contribution in [3.8, 4) is 0 Å². The number of rotatable bonds is 3. The van der Waals surface area contributed by atoms with Crippen LogP contribution in [0.3, 0.4) is 0 Å². The molecule has 0 unspecified atom stereocenters. The Labute approximate surface area is 187 Å². The normalized spacial score (nSPS) is 14.6. The summed E-state index contributed by atoms with van der Waals surface area (Å²) < 4.78 is 36.7. The number of hydrogen-bond acceptors (Lipinski definition) is 2. The molecule has 0 atom stereocenters. The molecule has 0 saturated carbocycles. The van der Waals surface area contributed by atoms with E-state index in [1.165, 1.54) is 36.5 Å². The molecular weight excluding hydrogens is 397 g/mol. The summed E-state index contributed by atoms with van der Waals surface area (Å²) >= 11 is 0. The minimum atomic E-state index is -4.23. The number of benzene rings is 2. The van der Waals surface area contributed by atoms with Crippen molar-refractivity contribution in [1.82, 2.24) is 4.90 Å². The molecule has 0 bridgehead atoms. The van der Waals surface area contributed by atoms with Crippen LogP contribution < -0.4 is 4.90 Å². The van der Waals surface area contributed by atoms with Gasteiger partial charge in [-0.3, -0.25) is 0 Å². The van der Waals surface area contributed by atoms with Crippen LogP contribution >= 0.6 is 0 Å². The summed E-state index contributed by atoms with van der Waals surface area (Å²) in [6.45, 7) is 16.9. The number of nitrogens with zero attached hydrogens (tertiary/aromatic N) is 2. The van der Waals surface area contributed by atoms with Crippen LogP contribution in [0.4, 0.5) is 18.9 Å². The first-order chi connectivity index (χ1) is 14.6. The molecule has 31 heavy (non-hydrogen) atoms. The third kappa shape index (κ3) is 8.56.